The van der Waals surface area contributed by atoms with E-state index in [0.717, 1.165) is 23.5 Å². The normalized spacial score (nSPS) is 17.8. The van der Waals surface area contributed by atoms with E-state index in [1.165, 1.54) is 9.87 Å². The number of hydrogen-bond acceptors (Lipinski definition) is 4. The summed E-state index contributed by atoms with van der Waals surface area (Å²) in [6, 6.07) is 17.1. The lowest BCUT2D eigenvalue weighted by atomic mass is 9.99. The van der Waals surface area contributed by atoms with E-state index < -0.39 is 10.0 Å². The number of thioether (sulfide) groups is 1. The van der Waals surface area contributed by atoms with Gasteiger partial charge in [-0.2, -0.15) is 16.1 Å². The lowest BCUT2D eigenvalue weighted by molar-refractivity contribution is -0.125. The number of nitrogens with one attached hydrogen (secondary N) is 1. The van der Waals surface area contributed by atoms with Crippen LogP contribution >= 0.6 is 11.8 Å². The Kier molecular flexibility index (Phi) is 7.75. The fraction of sp³-hybridized carbons (Fsp3) is 0.409. The maximum absolute atomic E-state index is 12.9. The van der Waals surface area contributed by atoms with Gasteiger partial charge in [0.1, 0.15) is 0 Å². The first kappa shape index (κ1) is 21.9. The van der Waals surface area contributed by atoms with Crippen molar-refractivity contribution in [3.63, 3.8) is 0 Å². The highest BCUT2D eigenvalue weighted by Crippen LogP contribution is 2.24. The molecule has 0 aliphatic carbocycles. The second-order valence-corrected chi connectivity index (χ2v) is 10.4. The summed E-state index contributed by atoms with van der Waals surface area (Å²) in [4.78, 5) is 12.8. The molecule has 1 fully saturated rings. The summed E-state index contributed by atoms with van der Waals surface area (Å²) in [6.07, 6.45) is 1.43. The van der Waals surface area contributed by atoms with E-state index in [0.29, 0.717) is 24.4 Å². The minimum Gasteiger partial charge on any atom is -0.355 e. The average molecular weight is 433 g/mol. The zero-order chi connectivity index (χ0) is 20.7. The van der Waals surface area contributed by atoms with Gasteiger partial charge in [-0.15, -0.1) is 0 Å². The summed E-state index contributed by atoms with van der Waals surface area (Å²) < 4.78 is 27.2. The highest BCUT2D eigenvalue weighted by atomic mass is 32.2. The highest BCUT2D eigenvalue weighted by Gasteiger charge is 2.33. The van der Waals surface area contributed by atoms with Crippen molar-refractivity contribution in [3.8, 4) is 0 Å². The highest BCUT2D eigenvalue weighted by molar-refractivity contribution is 7.98. The third kappa shape index (κ3) is 6.07. The molecule has 156 valence electrons. The number of sulfonamides is 1. The number of piperidine rings is 1. The van der Waals surface area contributed by atoms with Crippen LogP contribution in [0, 0.1) is 12.8 Å². The summed E-state index contributed by atoms with van der Waals surface area (Å²) in [5.41, 5.74) is 2.29. The number of aryl methyl sites for hydroxylation is 1. The van der Waals surface area contributed by atoms with Gasteiger partial charge in [-0.05, 0) is 37.5 Å². The van der Waals surface area contributed by atoms with Crippen LogP contribution in [0.25, 0.3) is 0 Å². The third-order valence-corrected chi connectivity index (χ3v) is 7.98. The molecule has 3 rings (SSSR count). The van der Waals surface area contributed by atoms with Gasteiger partial charge in [0, 0.05) is 31.1 Å². The van der Waals surface area contributed by atoms with Crippen LogP contribution in [-0.4, -0.2) is 44.0 Å². The molecule has 0 radical (unpaired) electrons. The van der Waals surface area contributed by atoms with E-state index in [-0.39, 0.29) is 18.4 Å². The van der Waals surface area contributed by atoms with Gasteiger partial charge in [-0.25, -0.2) is 8.42 Å². The maximum atomic E-state index is 12.9. The van der Waals surface area contributed by atoms with Crippen LogP contribution in [0.3, 0.4) is 0 Å². The van der Waals surface area contributed by atoms with Crippen molar-refractivity contribution in [3.05, 3.63) is 65.7 Å². The van der Waals surface area contributed by atoms with E-state index in [1.54, 1.807) is 36.0 Å². The van der Waals surface area contributed by atoms with Crippen LogP contribution in [0.15, 0.2) is 59.5 Å². The predicted molar refractivity (Wildman–Crippen MR) is 118 cm³/mol. The number of carbonyl (C=O) groups is 1. The lowest BCUT2D eigenvalue weighted by Gasteiger charge is -2.31. The number of hydrogen-bond donors (Lipinski definition) is 1. The molecule has 0 aromatic heterocycles. The Hall–Kier alpha value is -1.83. The van der Waals surface area contributed by atoms with Crippen LogP contribution in [0.5, 0.6) is 0 Å². The fourth-order valence-corrected chi connectivity index (χ4v) is 5.73. The Labute approximate surface area is 177 Å². The molecule has 1 saturated heterocycles. The summed E-state index contributed by atoms with van der Waals surface area (Å²) in [7, 11) is -3.56. The molecule has 0 bridgehead atoms. The molecule has 5 nitrogen and oxygen atoms in total. The van der Waals surface area contributed by atoms with Crippen LogP contribution in [0.4, 0.5) is 0 Å². The monoisotopic (exact) mass is 432 g/mol. The van der Waals surface area contributed by atoms with Crippen LogP contribution in [-0.2, 0) is 20.6 Å². The van der Waals surface area contributed by atoms with Gasteiger partial charge >= 0.3 is 0 Å². The second-order valence-electron chi connectivity index (χ2n) is 7.34. The first-order chi connectivity index (χ1) is 14.0. The van der Waals surface area contributed by atoms with Crippen molar-refractivity contribution < 1.29 is 13.2 Å². The van der Waals surface area contributed by atoms with Crippen LogP contribution in [0.2, 0.25) is 0 Å². The molecule has 29 heavy (non-hydrogen) atoms. The Bertz CT molecular complexity index is 899. The summed E-state index contributed by atoms with van der Waals surface area (Å²) in [6.45, 7) is 3.24. The molecule has 1 heterocycles. The summed E-state index contributed by atoms with van der Waals surface area (Å²) >= 11 is 1.78. The van der Waals surface area contributed by atoms with Gasteiger partial charge in [-0.3, -0.25) is 4.79 Å². The molecule has 1 amide bonds. The van der Waals surface area contributed by atoms with Crippen molar-refractivity contribution in [2.75, 3.05) is 25.4 Å². The third-order valence-electron chi connectivity index (χ3n) is 5.07. The van der Waals surface area contributed by atoms with Crippen molar-refractivity contribution in [2.45, 2.75) is 30.4 Å². The standard InChI is InChI=1S/C22H28N2O3S2/c1-18-9-11-21(12-10-18)29(26,27)24-14-5-8-20(16-24)22(25)23-13-15-28-17-19-6-3-2-4-7-19/h2-4,6-7,9-12,20H,5,8,13-17H2,1H3,(H,23,25)/t20-/m0/s1. The van der Waals surface area contributed by atoms with Gasteiger partial charge in [0.05, 0.1) is 10.8 Å². The quantitative estimate of drug-likeness (QED) is 0.649. The van der Waals surface area contributed by atoms with Crippen molar-refractivity contribution >= 4 is 27.7 Å². The van der Waals surface area contributed by atoms with Gasteiger partial charge in [-0.1, -0.05) is 48.0 Å². The van der Waals surface area contributed by atoms with Crippen molar-refractivity contribution in [1.29, 1.82) is 0 Å². The van der Waals surface area contributed by atoms with Gasteiger partial charge < -0.3 is 5.32 Å². The zero-order valence-corrected chi connectivity index (χ0v) is 18.3. The van der Waals surface area contributed by atoms with E-state index in [4.69, 9.17) is 0 Å². The van der Waals surface area contributed by atoms with Gasteiger partial charge in [0.25, 0.3) is 0 Å². The van der Waals surface area contributed by atoms with Gasteiger partial charge in [0.15, 0.2) is 0 Å². The Morgan fingerprint density at radius 2 is 1.86 bits per heavy atom. The maximum Gasteiger partial charge on any atom is 0.243 e. The molecule has 1 N–H and O–H groups in total. The molecule has 0 unspecified atom stereocenters. The van der Waals surface area contributed by atoms with Crippen LogP contribution in [0.1, 0.15) is 24.0 Å². The molecule has 0 saturated carbocycles. The molecule has 1 aliphatic rings. The number of carbonyl (C=O) groups excluding carboxylic acids is 1. The first-order valence-corrected chi connectivity index (χ1v) is 12.5. The van der Waals surface area contributed by atoms with E-state index in [1.807, 2.05) is 25.1 Å². The molecule has 2 aromatic carbocycles. The number of amides is 1. The Morgan fingerprint density at radius 3 is 2.59 bits per heavy atom. The zero-order valence-electron chi connectivity index (χ0n) is 16.7. The second kappa shape index (κ2) is 10.3. The number of nitrogens with zero attached hydrogens (tertiary/aromatic N) is 1. The van der Waals surface area contributed by atoms with E-state index in [2.05, 4.69) is 17.4 Å². The van der Waals surface area contributed by atoms with E-state index >= 15 is 0 Å². The molecule has 0 spiro atoms. The summed E-state index contributed by atoms with van der Waals surface area (Å²) in [5.74, 6) is 1.42. The Morgan fingerprint density at radius 1 is 1.14 bits per heavy atom. The lowest BCUT2D eigenvalue weighted by Crippen LogP contribution is -2.45. The molecule has 1 atom stereocenters. The van der Waals surface area contributed by atoms with E-state index in [9.17, 15) is 13.2 Å². The summed E-state index contributed by atoms with van der Waals surface area (Å²) in [5, 5.41) is 2.98. The van der Waals surface area contributed by atoms with Crippen molar-refractivity contribution in [1.82, 2.24) is 9.62 Å². The number of rotatable bonds is 8. The first-order valence-electron chi connectivity index (χ1n) is 9.93. The smallest absolute Gasteiger partial charge is 0.243 e. The number of benzene rings is 2. The molecular formula is C22H28N2O3S2. The minimum absolute atomic E-state index is 0.0471. The molecule has 1 aliphatic heterocycles. The fourth-order valence-electron chi connectivity index (χ4n) is 3.39. The molecule has 2 aromatic rings. The largest absolute Gasteiger partial charge is 0.355 e. The topological polar surface area (TPSA) is 66.5 Å². The molecular weight excluding hydrogens is 404 g/mol. The Balaban J connectivity index is 1.47. The SMILES string of the molecule is Cc1ccc(S(=O)(=O)N2CCC[C@H](C(=O)NCCSCc3ccccc3)C2)cc1. The predicted octanol–water partition coefficient (Wildman–Crippen LogP) is 3.45. The van der Waals surface area contributed by atoms with Crippen molar-refractivity contribution in [2.24, 2.45) is 5.92 Å². The average Bonchev–Trinajstić information content (AvgIpc) is 2.74. The van der Waals surface area contributed by atoms with Gasteiger partial charge in [0.2, 0.25) is 15.9 Å². The van der Waals surface area contributed by atoms with Crippen LogP contribution < -0.4 is 5.32 Å². The minimum atomic E-state index is -3.56. The molecule has 7 heteroatoms.